The van der Waals surface area contributed by atoms with E-state index in [4.69, 9.17) is 5.90 Å². The normalized spacial score (nSPS) is 10.6. The Morgan fingerprint density at radius 3 is 2.83 bits per heavy atom. The summed E-state index contributed by atoms with van der Waals surface area (Å²) in [5.74, 6) is 4.54. The summed E-state index contributed by atoms with van der Waals surface area (Å²) in [5.41, 5.74) is 1.84. The maximum Gasteiger partial charge on any atom is 0.288 e. The van der Waals surface area contributed by atoms with Crippen molar-refractivity contribution in [1.29, 1.82) is 0 Å². The van der Waals surface area contributed by atoms with Gasteiger partial charge in [0.2, 0.25) is 0 Å². The summed E-state index contributed by atoms with van der Waals surface area (Å²) in [5, 5.41) is 17.7. The molecule has 10 heteroatoms. The molecular formula is C13H16N6O4. The van der Waals surface area contributed by atoms with Crippen LogP contribution in [-0.2, 0) is 18.5 Å². The number of hydrogen-bond donors (Lipinski definition) is 2. The van der Waals surface area contributed by atoms with Crippen molar-refractivity contribution >= 4 is 17.3 Å². The second-order valence-electron chi connectivity index (χ2n) is 4.88. The van der Waals surface area contributed by atoms with Gasteiger partial charge in [-0.1, -0.05) is 0 Å². The fourth-order valence-electron chi connectivity index (χ4n) is 2.05. The van der Waals surface area contributed by atoms with Crippen molar-refractivity contribution in [3.8, 4) is 0 Å². The average Bonchev–Trinajstić information content (AvgIpc) is 2.75. The molecule has 3 N–H and O–H groups in total. The molecule has 0 saturated carbocycles. The fourth-order valence-corrected chi connectivity index (χ4v) is 2.05. The Bertz CT molecular complexity index is 770. The largest absolute Gasteiger partial charge is 0.319 e. The molecule has 0 radical (unpaired) electrons. The molecule has 0 spiro atoms. The summed E-state index contributed by atoms with van der Waals surface area (Å²) < 4.78 is 1.57. The van der Waals surface area contributed by atoms with Crippen LogP contribution in [0.2, 0.25) is 0 Å². The van der Waals surface area contributed by atoms with Crippen molar-refractivity contribution in [3.63, 3.8) is 0 Å². The number of hydrogen-bond acceptors (Lipinski definition) is 7. The van der Waals surface area contributed by atoms with Crippen molar-refractivity contribution in [1.82, 2.24) is 14.8 Å². The number of nitrogens with one attached hydrogen (secondary N) is 1. The van der Waals surface area contributed by atoms with E-state index in [-0.39, 0.29) is 17.9 Å². The van der Waals surface area contributed by atoms with E-state index in [2.05, 4.69) is 20.2 Å². The van der Waals surface area contributed by atoms with E-state index >= 15 is 0 Å². The number of aromatic nitrogens is 3. The summed E-state index contributed by atoms with van der Waals surface area (Å²) >= 11 is 0. The molecule has 2 rings (SSSR count). The van der Waals surface area contributed by atoms with E-state index < -0.39 is 10.8 Å². The molecule has 2 aromatic rings. The number of pyridine rings is 1. The molecule has 0 aliphatic carbocycles. The molecule has 0 unspecified atom stereocenters. The molecule has 2 aromatic heterocycles. The Balaban J connectivity index is 2.36. The highest BCUT2D eigenvalue weighted by atomic mass is 16.6. The minimum atomic E-state index is -0.605. The van der Waals surface area contributed by atoms with Crippen molar-refractivity contribution in [3.05, 3.63) is 45.0 Å². The number of nitrogens with two attached hydrogens (primary N) is 1. The molecule has 0 atom stereocenters. The van der Waals surface area contributed by atoms with Crippen LogP contribution in [0, 0.1) is 24.0 Å². The van der Waals surface area contributed by atoms with Crippen molar-refractivity contribution < 1.29 is 14.6 Å². The number of aryl methyl sites for hydroxylation is 2. The summed E-state index contributed by atoms with van der Waals surface area (Å²) in [6.45, 7) is 3.38. The van der Waals surface area contributed by atoms with Crippen LogP contribution in [0.25, 0.3) is 0 Å². The van der Waals surface area contributed by atoms with Crippen molar-refractivity contribution in [2.45, 2.75) is 20.5 Å². The van der Waals surface area contributed by atoms with E-state index in [0.29, 0.717) is 22.8 Å². The summed E-state index contributed by atoms with van der Waals surface area (Å²) in [6, 6.07) is 1.18. The highest BCUT2D eigenvalue weighted by Crippen LogP contribution is 2.22. The van der Waals surface area contributed by atoms with Crippen LogP contribution in [0.3, 0.4) is 0 Å². The third-order valence-electron chi connectivity index (χ3n) is 3.39. The molecule has 0 fully saturated rings. The maximum absolute atomic E-state index is 12.4. The van der Waals surface area contributed by atoms with E-state index in [9.17, 15) is 14.9 Å². The van der Waals surface area contributed by atoms with Crippen LogP contribution in [0.1, 0.15) is 27.4 Å². The number of carbonyl (C=O) groups is 1. The van der Waals surface area contributed by atoms with Gasteiger partial charge in [-0.3, -0.25) is 29.4 Å². The van der Waals surface area contributed by atoms with Gasteiger partial charge in [0.15, 0.2) is 0 Å². The third kappa shape index (κ3) is 3.33. The third-order valence-corrected chi connectivity index (χ3v) is 3.39. The first-order valence-corrected chi connectivity index (χ1v) is 6.61. The first kappa shape index (κ1) is 16.5. The molecule has 10 nitrogen and oxygen atoms in total. The quantitative estimate of drug-likeness (QED) is 0.618. The van der Waals surface area contributed by atoms with Gasteiger partial charge in [0.1, 0.15) is 18.5 Å². The molecular weight excluding hydrogens is 304 g/mol. The lowest BCUT2D eigenvalue weighted by molar-refractivity contribution is -0.385. The Hall–Kier alpha value is -2.85. The van der Waals surface area contributed by atoms with E-state index in [0.717, 1.165) is 6.20 Å². The van der Waals surface area contributed by atoms with E-state index in [1.54, 1.807) is 25.6 Å². The molecule has 122 valence electrons. The fraction of sp³-hybridized carbons (Fsp3) is 0.308. The Kier molecular flexibility index (Phi) is 4.67. The molecule has 0 aliphatic rings. The van der Waals surface area contributed by atoms with Crippen LogP contribution < -0.4 is 11.2 Å². The van der Waals surface area contributed by atoms with Gasteiger partial charge in [-0.2, -0.15) is 5.10 Å². The number of nitro groups is 1. The second kappa shape index (κ2) is 6.50. The molecule has 0 saturated heterocycles. The van der Waals surface area contributed by atoms with Gasteiger partial charge in [0, 0.05) is 13.1 Å². The van der Waals surface area contributed by atoms with Gasteiger partial charge in [-0.15, -0.1) is 0 Å². The standard InChI is InChI=1S/C13H16N6O4/c1-7-10(4-9(5-15-7)19(21)22)13(20)16-12-8(2)18(3)17-11(12)6-23-14/h4-5H,6,14H2,1-3H3,(H,16,20). The average molecular weight is 320 g/mol. The monoisotopic (exact) mass is 320 g/mol. The zero-order valence-electron chi connectivity index (χ0n) is 12.9. The first-order valence-electron chi connectivity index (χ1n) is 6.61. The Morgan fingerprint density at radius 2 is 2.22 bits per heavy atom. The minimum Gasteiger partial charge on any atom is -0.319 e. The first-order chi connectivity index (χ1) is 10.8. The molecule has 23 heavy (non-hydrogen) atoms. The van der Waals surface area contributed by atoms with Crippen LogP contribution in [0.5, 0.6) is 0 Å². The predicted molar refractivity (Wildman–Crippen MR) is 80.5 cm³/mol. The molecule has 0 aliphatic heterocycles. The van der Waals surface area contributed by atoms with Crippen molar-refractivity contribution in [2.24, 2.45) is 12.9 Å². The lowest BCUT2D eigenvalue weighted by Crippen LogP contribution is -2.16. The highest BCUT2D eigenvalue weighted by molar-refractivity contribution is 6.05. The smallest absolute Gasteiger partial charge is 0.288 e. The van der Waals surface area contributed by atoms with Gasteiger partial charge in [-0.05, 0) is 13.8 Å². The SMILES string of the molecule is Cc1ncc([N+](=O)[O-])cc1C(=O)Nc1c(CON)nn(C)c1C. The van der Waals surface area contributed by atoms with Crippen LogP contribution in [0.4, 0.5) is 11.4 Å². The number of nitrogens with zero attached hydrogens (tertiary/aromatic N) is 4. The second-order valence-corrected chi connectivity index (χ2v) is 4.88. The Morgan fingerprint density at radius 1 is 1.52 bits per heavy atom. The summed E-state index contributed by atoms with van der Waals surface area (Å²) in [4.78, 5) is 31.1. The molecule has 0 bridgehead atoms. The van der Waals surface area contributed by atoms with Gasteiger partial charge in [0.25, 0.3) is 11.6 Å². The summed E-state index contributed by atoms with van der Waals surface area (Å²) in [7, 11) is 1.71. The van der Waals surface area contributed by atoms with Crippen LogP contribution in [-0.4, -0.2) is 25.6 Å². The highest BCUT2D eigenvalue weighted by Gasteiger charge is 2.20. The van der Waals surface area contributed by atoms with Gasteiger partial charge >= 0.3 is 0 Å². The Labute approximate surface area is 131 Å². The molecule has 2 heterocycles. The maximum atomic E-state index is 12.4. The summed E-state index contributed by atoms with van der Waals surface area (Å²) in [6.07, 6.45) is 1.11. The molecule has 1 amide bonds. The van der Waals surface area contributed by atoms with E-state index in [1.807, 2.05) is 0 Å². The number of amides is 1. The topological polar surface area (TPSA) is 138 Å². The lowest BCUT2D eigenvalue weighted by Gasteiger charge is -2.08. The number of rotatable bonds is 5. The molecule has 0 aromatic carbocycles. The lowest BCUT2D eigenvalue weighted by atomic mass is 10.1. The van der Waals surface area contributed by atoms with Crippen LogP contribution in [0.15, 0.2) is 12.3 Å². The zero-order valence-corrected chi connectivity index (χ0v) is 12.9. The number of carbonyl (C=O) groups excluding carboxylic acids is 1. The number of anilines is 1. The minimum absolute atomic E-state index is 0.0173. The predicted octanol–water partition coefficient (Wildman–Crippen LogP) is 0.983. The van der Waals surface area contributed by atoms with Gasteiger partial charge in [0.05, 0.1) is 27.6 Å². The van der Waals surface area contributed by atoms with Crippen LogP contribution >= 0.6 is 0 Å². The van der Waals surface area contributed by atoms with Gasteiger partial charge in [-0.25, -0.2) is 5.90 Å². The van der Waals surface area contributed by atoms with Gasteiger partial charge < -0.3 is 5.32 Å². The zero-order chi connectivity index (χ0) is 17.1. The van der Waals surface area contributed by atoms with E-state index in [1.165, 1.54) is 6.07 Å². The van der Waals surface area contributed by atoms with Crippen molar-refractivity contribution in [2.75, 3.05) is 5.32 Å².